The number of nitrogens with two attached hydrogens (primary N) is 1. The van der Waals surface area contributed by atoms with E-state index in [0.29, 0.717) is 13.2 Å². The van der Waals surface area contributed by atoms with Gasteiger partial charge in [0.15, 0.2) is 0 Å². The number of pyridine rings is 1. The molecule has 0 aliphatic rings. The number of thioether (sulfide) groups is 1. The predicted molar refractivity (Wildman–Crippen MR) is 70.4 cm³/mol. The second kappa shape index (κ2) is 5.88. The van der Waals surface area contributed by atoms with Crippen LogP contribution < -0.4 is 5.73 Å². The zero-order valence-electron chi connectivity index (χ0n) is 10.1. The van der Waals surface area contributed by atoms with E-state index >= 15 is 0 Å². The number of fused-ring (bicyclic) bond motifs is 1. The van der Waals surface area contributed by atoms with Crippen molar-refractivity contribution in [3.05, 3.63) is 30.1 Å². The molecule has 2 aromatic rings. The number of esters is 1. The van der Waals surface area contributed by atoms with Crippen LogP contribution in [0.4, 0.5) is 0 Å². The highest BCUT2D eigenvalue weighted by Gasteiger charge is 2.12. The number of carbonyl (C=O) groups is 1. The van der Waals surface area contributed by atoms with Gasteiger partial charge in [-0.3, -0.25) is 4.79 Å². The molecular weight excluding hydrogens is 250 g/mol. The number of hydrogen-bond donors (Lipinski definition) is 1. The van der Waals surface area contributed by atoms with Crippen molar-refractivity contribution in [2.24, 2.45) is 5.73 Å². The van der Waals surface area contributed by atoms with Crippen LogP contribution in [0.15, 0.2) is 29.4 Å². The van der Waals surface area contributed by atoms with Crippen molar-refractivity contribution < 1.29 is 9.53 Å². The maximum absolute atomic E-state index is 11.3. The Kier molecular flexibility index (Phi) is 4.22. The molecule has 2 rings (SSSR count). The van der Waals surface area contributed by atoms with Gasteiger partial charge in [-0.15, -0.1) is 0 Å². The van der Waals surface area contributed by atoms with E-state index in [9.17, 15) is 4.79 Å². The van der Waals surface area contributed by atoms with E-state index in [4.69, 9.17) is 10.5 Å². The molecule has 6 heteroatoms. The van der Waals surface area contributed by atoms with Gasteiger partial charge < -0.3 is 14.9 Å². The van der Waals surface area contributed by atoms with Crippen LogP contribution in [0, 0.1) is 0 Å². The largest absolute Gasteiger partial charge is 0.465 e. The third-order valence-corrected chi connectivity index (χ3v) is 3.40. The Labute approximate surface area is 109 Å². The molecule has 2 N–H and O–H groups in total. The van der Waals surface area contributed by atoms with Gasteiger partial charge in [0.1, 0.15) is 10.7 Å². The highest BCUT2D eigenvalue weighted by atomic mass is 32.2. The topological polar surface area (TPSA) is 69.6 Å². The Morgan fingerprint density at radius 3 is 3.11 bits per heavy atom. The number of carbonyl (C=O) groups excluding carboxylic acids is 1. The van der Waals surface area contributed by atoms with E-state index in [0.717, 1.165) is 16.4 Å². The van der Waals surface area contributed by atoms with Gasteiger partial charge >= 0.3 is 5.97 Å². The zero-order valence-corrected chi connectivity index (χ0v) is 10.9. The molecule has 96 valence electrons. The molecular formula is C12H15N3O2S. The van der Waals surface area contributed by atoms with Crippen LogP contribution in [0.25, 0.3) is 5.65 Å². The van der Waals surface area contributed by atoms with E-state index < -0.39 is 0 Å². The Balaban J connectivity index is 2.19. The van der Waals surface area contributed by atoms with Crippen LogP contribution in [-0.4, -0.2) is 27.7 Å². The first-order valence-electron chi connectivity index (χ1n) is 5.70. The minimum absolute atomic E-state index is 0.234. The molecule has 0 bridgehead atoms. The fraction of sp³-hybridized carbons (Fsp3) is 0.333. The third kappa shape index (κ3) is 2.65. The summed E-state index contributed by atoms with van der Waals surface area (Å²) in [6.45, 7) is 2.57. The van der Waals surface area contributed by atoms with Gasteiger partial charge in [-0.2, -0.15) is 0 Å². The summed E-state index contributed by atoms with van der Waals surface area (Å²) in [7, 11) is 0. The molecule has 0 aliphatic carbocycles. The normalized spacial score (nSPS) is 10.8. The minimum atomic E-state index is -0.234. The van der Waals surface area contributed by atoms with Crippen LogP contribution in [0.3, 0.4) is 0 Å². The van der Waals surface area contributed by atoms with Crippen molar-refractivity contribution in [2.75, 3.05) is 12.4 Å². The Hall–Kier alpha value is -1.53. The lowest BCUT2D eigenvalue weighted by atomic mass is 10.4. The van der Waals surface area contributed by atoms with Crippen LogP contribution in [0.5, 0.6) is 0 Å². The molecule has 0 amide bonds. The molecule has 18 heavy (non-hydrogen) atoms. The lowest BCUT2D eigenvalue weighted by Crippen LogP contribution is -2.07. The van der Waals surface area contributed by atoms with Gasteiger partial charge in [0.05, 0.1) is 18.1 Å². The van der Waals surface area contributed by atoms with E-state index in [2.05, 4.69) is 4.98 Å². The highest BCUT2D eigenvalue weighted by Crippen LogP contribution is 2.23. The Bertz CT molecular complexity index is 553. The summed E-state index contributed by atoms with van der Waals surface area (Å²) in [6.07, 6.45) is 1.92. The quantitative estimate of drug-likeness (QED) is 0.654. The summed E-state index contributed by atoms with van der Waals surface area (Å²) < 4.78 is 6.82. The summed E-state index contributed by atoms with van der Waals surface area (Å²) in [6, 6.07) is 5.75. The zero-order chi connectivity index (χ0) is 13.0. The van der Waals surface area contributed by atoms with Gasteiger partial charge in [-0.05, 0) is 19.1 Å². The third-order valence-electron chi connectivity index (χ3n) is 2.42. The summed E-state index contributed by atoms with van der Waals surface area (Å²) in [4.78, 5) is 15.8. The number of imidazole rings is 1. The second-order valence-corrected chi connectivity index (χ2v) is 4.55. The monoisotopic (exact) mass is 265 g/mol. The molecule has 0 aliphatic heterocycles. The standard InChI is InChI=1S/C12H15N3O2S/c1-2-17-11(16)8-18-12-9(7-13)15-6-4-3-5-10(15)14-12/h3-6H,2,7-8,13H2,1H3. The van der Waals surface area contributed by atoms with Crippen molar-refractivity contribution in [3.8, 4) is 0 Å². The average molecular weight is 265 g/mol. The van der Waals surface area contributed by atoms with E-state index in [-0.39, 0.29) is 11.7 Å². The maximum atomic E-state index is 11.3. The Morgan fingerprint density at radius 2 is 2.39 bits per heavy atom. The second-order valence-electron chi connectivity index (χ2n) is 3.59. The molecule has 5 nitrogen and oxygen atoms in total. The van der Waals surface area contributed by atoms with Crippen molar-refractivity contribution in [1.82, 2.24) is 9.38 Å². The molecule has 0 unspecified atom stereocenters. The molecule has 0 radical (unpaired) electrons. The van der Waals surface area contributed by atoms with E-state index in [1.165, 1.54) is 11.8 Å². The molecule has 0 fully saturated rings. The van der Waals surface area contributed by atoms with Gasteiger partial charge in [-0.1, -0.05) is 17.8 Å². The number of aromatic nitrogens is 2. The van der Waals surface area contributed by atoms with Gasteiger partial charge in [0.25, 0.3) is 0 Å². The van der Waals surface area contributed by atoms with Gasteiger partial charge in [-0.25, -0.2) is 4.98 Å². The first-order valence-corrected chi connectivity index (χ1v) is 6.69. The van der Waals surface area contributed by atoms with E-state index in [1.807, 2.05) is 28.8 Å². The van der Waals surface area contributed by atoms with Crippen LogP contribution in [-0.2, 0) is 16.1 Å². The maximum Gasteiger partial charge on any atom is 0.316 e. The molecule has 2 aromatic heterocycles. The summed E-state index contributed by atoms with van der Waals surface area (Å²) in [5.74, 6) is 0.0209. The fourth-order valence-electron chi connectivity index (χ4n) is 1.66. The summed E-state index contributed by atoms with van der Waals surface area (Å²) in [5, 5.41) is 0.789. The number of rotatable bonds is 5. The molecule has 0 saturated heterocycles. The summed E-state index contributed by atoms with van der Waals surface area (Å²) in [5.41, 5.74) is 7.49. The number of hydrogen-bond acceptors (Lipinski definition) is 5. The molecule has 0 spiro atoms. The lowest BCUT2D eigenvalue weighted by Gasteiger charge is -2.02. The van der Waals surface area contributed by atoms with Gasteiger partial charge in [0, 0.05) is 12.7 Å². The molecule has 0 atom stereocenters. The number of ether oxygens (including phenoxy) is 1. The molecule has 0 aromatic carbocycles. The highest BCUT2D eigenvalue weighted by molar-refractivity contribution is 7.99. The lowest BCUT2D eigenvalue weighted by molar-refractivity contribution is -0.139. The van der Waals surface area contributed by atoms with E-state index in [1.54, 1.807) is 6.92 Å². The van der Waals surface area contributed by atoms with Gasteiger partial charge in [0.2, 0.25) is 0 Å². The van der Waals surface area contributed by atoms with Crippen LogP contribution in [0.2, 0.25) is 0 Å². The Morgan fingerprint density at radius 1 is 1.56 bits per heavy atom. The average Bonchev–Trinajstić information content (AvgIpc) is 2.74. The van der Waals surface area contributed by atoms with Crippen LogP contribution in [0.1, 0.15) is 12.6 Å². The molecule has 0 saturated carbocycles. The number of nitrogens with zero attached hydrogens (tertiary/aromatic N) is 2. The smallest absolute Gasteiger partial charge is 0.316 e. The van der Waals surface area contributed by atoms with Crippen molar-refractivity contribution in [2.45, 2.75) is 18.5 Å². The minimum Gasteiger partial charge on any atom is -0.465 e. The summed E-state index contributed by atoms with van der Waals surface area (Å²) >= 11 is 1.36. The first kappa shape index (κ1) is 12.9. The first-order chi connectivity index (χ1) is 8.76. The molecule has 2 heterocycles. The SMILES string of the molecule is CCOC(=O)CSc1nc2ccccn2c1CN. The van der Waals surface area contributed by atoms with Crippen molar-refractivity contribution >= 4 is 23.4 Å². The van der Waals surface area contributed by atoms with Crippen molar-refractivity contribution in [1.29, 1.82) is 0 Å². The van der Waals surface area contributed by atoms with Crippen molar-refractivity contribution in [3.63, 3.8) is 0 Å². The fourth-order valence-corrected chi connectivity index (χ4v) is 2.50. The predicted octanol–water partition coefficient (Wildman–Crippen LogP) is 1.45. The van der Waals surface area contributed by atoms with Crippen LogP contribution >= 0.6 is 11.8 Å².